The van der Waals surface area contributed by atoms with Crippen LogP contribution in [0.15, 0.2) is 24.4 Å². The number of hydrogen-bond donors (Lipinski definition) is 0. The molecule has 16 heavy (non-hydrogen) atoms. The molecule has 0 aliphatic rings. The van der Waals surface area contributed by atoms with Crippen molar-refractivity contribution in [1.29, 1.82) is 0 Å². The molecule has 0 fully saturated rings. The zero-order valence-corrected chi connectivity index (χ0v) is 10.8. The number of hydrogen-bond acceptors (Lipinski definition) is 1. The van der Waals surface area contributed by atoms with E-state index >= 15 is 0 Å². The van der Waals surface area contributed by atoms with Gasteiger partial charge in [-0.3, -0.25) is 4.98 Å². The van der Waals surface area contributed by atoms with Crippen LogP contribution >= 0.6 is 0 Å². The van der Waals surface area contributed by atoms with E-state index in [-0.39, 0.29) is 5.41 Å². The van der Waals surface area contributed by atoms with E-state index in [1.807, 2.05) is 6.20 Å². The van der Waals surface area contributed by atoms with E-state index in [1.54, 1.807) is 0 Å². The smallest absolute Gasteiger partial charge is 0.0535 e. The first kappa shape index (κ1) is 11.1. The van der Waals surface area contributed by atoms with Gasteiger partial charge in [-0.15, -0.1) is 0 Å². The van der Waals surface area contributed by atoms with Gasteiger partial charge in [0.25, 0.3) is 0 Å². The zero-order valence-electron chi connectivity index (χ0n) is 10.8. The third-order valence-corrected chi connectivity index (χ3v) is 3.09. The predicted molar refractivity (Wildman–Crippen MR) is 69.9 cm³/mol. The second-order valence-corrected chi connectivity index (χ2v) is 5.57. The van der Waals surface area contributed by atoms with Gasteiger partial charge in [0.1, 0.15) is 0 Å². The second-order valence-electron chi connectivity index (χ2n) is 5.57. The molecular weight excluding hydrogens is 194 g/mol. The van der Waals surface area contributed by atoms with Crippen molar-refractivity contribution in [3.8, 4) is 0 Å². The van der Waals surface area contributed by atoms with Crippen LogP contribution in [0.3, 0.4) is 0 Å². The van der Waals surface area contributed by atoms with Crippen molar-refractivity contribution in [3.05, 3.63) is 41.2 Å². The Labute approximate surface area is 97.5 Å². The second kappa shape index (κ2) is 3.58. The molecule has 2 aromatic rings. The summed E-state index contributed by atoms with van der Waals surface area (Å²) in [6.45, 7) is 11.0. The largest absolute Gasteiger partial charge is 0.260 e. The van der Waals surface area contributed by atoms with Crippen molar-refractivity contribution in [3.63, 3.8) is 0 Å². The Kier molecular flexibility index (Phi) is 2.49. The highest BCUT2D eigenvalue weighted by Gasteiger charge is 2.18. The fourth-order valence-electron chi connectivity index (χ4n) is 2.04. The Bertz CT molecular complexity index is 533. The summed E-state index contributed by atoms with van der Waals surface area (Å²) in [7, 11) is 0. The molecular formula is C15H19N. The summed E-state index contributed by atoms with van der Waals surface area (Å²) in [5, 5.41) is 2.58. The number of rotatable bonds is 0. The van der Waals surface area contributed by atoms with Gasteiger partial charge in [0.2, 0.25) is 0 Å². The van der Waals surface area contributed by atoms with Crippen LogP contribution in [0.2, 0.25) is 0 Å². The first-order valence-corrected chi connectivity index (χ1v) is 5.76. The van der Waals surface area contributed by atoms with Crippen LogP contribution in [-0.4, -0.2) is 4.98 Å². The van der Waals surface area contributed by atoms with Crippen molar-refractivity contribution in [1.82, 2.24) is 4.98 Å². The van der Waals surface area contributed by atoms with E-state index in [0.29, 0.717) is 0 Å². The van der Waals surface area contributed by atoms with E-state index in [4.69, 9.17) is 0 Å². The van der Waals surface area contributed by atoms with Crippen molar-refractivity contribution >= 4 is 10.8 Å². The van der Waals surface area contributed by atoms with Crippen molar-refractivity contribution < 1.29 is 0 Å². The van der Waals surface area contributed by atoms with Crippen LogP contribution in [0.1, 0.15) is 37.6 Å². The zero-order chi connectivity index (χ0) is 11.9. The standard InChI is InChI=1S/C15H19N/c1-10-8-12-6-7-16-14(15(3,4)5)13(12)9-11(10)2/h6-9H,1-5H3. The van der Waals surface area contributed by atoms with Crippen LogP contribution in [0.25, 0.3) is 10.8 Å². The lowest BCUT2D eigenvalue weighted by atomic mass is 9.87. The lowest BCUT2D eigenvalue weighted by molar-refractivity contribution is 0.575. The molecule has 1 heterocycles. The minimum atomic E-state index is 0.0984. The van der Waals surface area contributed by atoms with E-state index < -0.39 is 0 Å². The van der Waals surface area contributed by atoms with Crippen LogP contribution in [0, 0.1) is 13.8 Å². The molecule has 0 saturated heterocycles. The van der Waals surface area contributed by atoms with E-state index in [2.05, 4.69) is 57.8 Å². The van der Waals surface area contributed by atoms with Crippen molar-refractivity contribution in [2.24, 2.45) is 0 Å². The number of pyridine rings is 1. The molecule has 0 saturated carbocycles. The average Bonchev–Trinajstić information content (AvgIpc) is 2.17. The SMILES string of the molecule is Cc1cc2ccnc(C(C)(C)C)c2cc1C. The van der Waals surface area contributed by atoms with Gasteiger partial charge in [-0.05, 0) is 42.5 Å². The minimum Gasteiger partial charge on any atom is -0.260 e. The molecule has 0 unspecified atom stereocenters. The molecule has 1 nitrogen and oxygen atoms in total. The Morgan fingerprint density at radius 3 is 2.25 bits per heavy atom. The maximum Gasteiger partial charge on any atom is 0.0535 e. The molecule has 0 amide bonds. The first-order chi connectivity index (χ1) is 7.39. The summed E-state index contributed by atoms with van der Waals surface area (Å²) in [5.74, 6) is 0. The molecule has 0 bridgehead atoms. The van der Waals surface area contributed by atoms with Gasteiger partial charge in [-0.2, -0.15) is 0 Å². The van der Waals surface area contributed by atoms with Crippen molar-refractivity contribution in [2.45, 2.75) is 40.0 Å². The highest BCUT2D eigenvalue weighted by Crippen LogP contribution is 2.29. The highest BCUT2D eigenvalue weighted by atomic mass is 14.7. The summed E-state index contributed by atoms with van der Waals surface area (Å²) < 4.78 is 0. The molecule has 1 aromatic carbocycles. The predicted octanol–water partition coefficient (Wildman–Crippen LogP) is 4.15. The Hall–Kier alpha value is -1.37. The van der Waals surface area contributed by atoms with Gasteiger partial charge in [-0.25, -0.2) is 0 Å². The van der Waals surface area contributed by atoms with Gasteiger partial charge in [0.15, 0.2) is 0 Å². The normalized spacial score (nSPS) is 12.1. The van der Waals surface area contributed by atoms with Gasteiger partial charge in [-0.1, -0.05) is 26.8 Å². The number of nitrogens with zero attached hydrogens (tertiary/aromatic N) is 1. The molecule has 0 aliphatic carbocycles. The van der Waals surface area contributed by atoms with Crippen LogP contribution < -0.4 is 0 Å². The van der Waals surface area contributed by atoms with Gasteiger partial charge < -0.3 is 0 Å². The fraction of sp³-hybridized carbons (Fsp3) is 0.400. The molecule has 0 radical (unpaired) electrons. The number of aromatic nitrogens is 1. The number of aryl methyl sites for hydroxylation is 2. The topological polar surface area (TPSA) is 12.9 Å². The lowest BCUT2D eigenvalue weighted by Crippen LogP contribution is -2.14. The number of benzene rings is 1. The summed E-state index contributed by atoms with van der Waals surface area (Å²) >= 11 is 0. The quantitative estimate of drug-likeness (QED) is 0.640. The maximum absolute atomic E-state index is 4.55. The average molecular weight is 213 g/mol. The molecule has 0 N–H and O–H groups in total. The molecule has 0 atom stereocenters. The van der Waals surface area contributed by atoms with Gasteiger partial charge >= 0.3 is 0 Å². The molecule has 0 spiro atoms. The monoisotopic (exact) mass is 213 g/mol. The molecule has 84 valence electrons. The van der Waals surface area contributed by atoms with Crippen LogP contribution in [0.4, 0.5) is 0 Å². The fourth-order valence-corrected chi connectivity index (χ4v) is 2.04. The molecule has 1 aromatic heterocycles. The highest BCUT2D eigenvalue weighted by molar-refractivity contribution is 5.86. The van der Waals surface area contributed by atoms with Crippen molar-refractivity contribution in [2.75, 3.05) is 0 Å². The van der Waals surface area contributed by atoms with Crippen LogP contribution in [0.5, 0.6) is 0 Å². The summed E-state index contributed by atoms with van der Waals surface area (Å²) in [6, 6.07) is 6.61. The molecule has 0 aliphatic heterocycles. The maximum atomic E-state index is 4.55. The van der Waals surface area contributed by atoms with E-state index in [0.717, 1.165) is 0 Å². The Balaban J connectivity index is 2.82. The summed E-state index contributed by atoms with van der Waals surface area (Å²) in [5.41, 5.74) is 3.97. The van der Waals surface area contributed by atoms with E-state index in [1.165, 1.54) is 27.6 Å². The minimum absolute atomic E-state index is 0.0984. The van der Waals surface area contributed by atoms with E-state index in [9.17, 15) is 0 Å². The van der Waals surface area contributed by atoms with Gasteiger partial charge in [0, 0.05) is 17.0 Å². The number of fused-ring (bicyclic) bond motifs is 1. The third kappa shape index (κ3) is 1.82. The summed E-state index contributed by atoms with van der Waals surface area (Å²) in [4.78, 5) is 4.55. The lowest BCUT2D eigenvalue weighted by Gasteiger charge is -2.20. The van der Waals surface area contributed by atoms with Gasteiger partial charge in [0.05, 0.1) is 5.69 Å². The third-order valence-electron chi connectivity index (χ3n) is 3.09. The Morgan fingerprint density at radius 1 is 1.00 bits per heavy atom. The van der Waals surface area contributed by atoms with Crippen LogP contribution in [-0.2, 0) is 5.41 Å². The molecule has 1 heteroatoms. The molecule has 2 rings (SSSR count). The summed E-state index contributed by atoms with van der Waals surface area (Å²) in [6.07, 6.45) is 1.91. The first-order valence-electron chi connectivity index (χ1n) is 5.76. The Morgan fingerprint density at radius 2 is 1.62 bits per heavy atom.